The highest BCUT2D eigenvalue weighted by Crippen LogP contribution is 2.20. The molecule has 0 saturated carbocycles. The molecule has 0 aliphatic heterocycles. The van der Waals surface area contributed by atoms with Crippen molar-refractivity contribution in [3.8, 4) is 0 Å². The number of aliphatic hydroxyl groups excluding tert-OH is 2. The highest BCUT2D eigenvalue weighted by molar-refractivity contribution is 5.76. The summed E-state index contributed by atoms with van der Waals surface area (Å²) in [7, 11) is 0. The van der Waals surface area contributed by atoms with Crippen LogP contribution in [0.2, 0.25) is 0 Å². The van der Waals surface area contributed by atoms with Crippen LogP contribution >= 0.6 is 0 Å². The molecule has 2 atom stereocenters. The number of carbonyl (C=O) groups excluding carboxylic acids is 2. The lowest BCUT2D eigenvalue weighted by molar-refractivity contribution is -0.143. The van der Waals surface area contributed by atoms with Gasteiger partial charge < -0.3 is 20.3 Å². The molecule has 0 saturated heterocycles. The molecule has 0 heterocycles. The summed E-state index contributed by atoms with van der Waals surface area (Å²) in [5, 5.41) is 23.4. The van der Waals surface area contributed by atoms with Crippen LogP contribution in [-0.4, -0.2) is 47.4 Å². The zero-order valence-electron chi connectivity index (χ0n) is 56.5. The van der Waals surface area contributed by atoms with Gasteiger partial charge in [0.2, 0.25) is 5.91 Å². The summed E-state index contributed by atoms with van der Waals surface area (Å²) < 4.78 is 5.51. The molecule has 3 N–H and O–H groups in total. The van der Waals surface area contributed by atoms with E-state index in [9.17, 15) is 19.8 Å². The quantitative estimate of drug-likeness (QED) is 0.0320. The first kappa shape index (κ1) is 81.3. The number of nitrogens with one attached hydrogen (secondary N) is 1. The number of ether oxygens (including phenoxy) is 1. The van der Waals surface area contributed by atoms with Crippen molar-refractivity contribution in [3.05, 3.63) is 24.3 Å². The predicted molar refractivity (Wildman–Crippen MR) is 366 cm³/mol. The van der Waals surface area contributed by atoms with Gasteiger partial charge in [0.25, 0.3) is 0 Å². The average molecular weight is 1170 g/mol. The summed E-state index contributed by atoms with van der Waals surface area (Å²) in [5.74, 6) is -0.0117. The Morgan fingerprint density at radius 1 is 0.337 bits per heavy atom. The van der Waals surface area contributed by atoms with Crippen LogP contribution in [0.4, 0.5) is 0 Å². The number of amides is 1. The van der Waals surface area contributed by atoms with Crippen molar-refractivity contribution in [2.24, 2.45) is 0 Å². The van der Waals surface area contributed by atoms with E-state index < -0.39 is 12.1 Å². The fraction of sp³-hybridized carbons (Fsp3) is 0.922. The molecule has 492 valence electrons. The van der Waals surface area contributed by atoms with Gasteiger partial charge in [-0.25, -0.2) is 0 Å². The largest absolute Gasteiger partial charge is 0.466 e. The Morgan fingerprint density at radius 2 is 0.602 bits per heavy atom. The van der Waals surface area contributed by atoms with Gasteiger partial charge in [0, 0.05) is 12.8 Å². The van der Waals surface area contributed by atoms with Crippen LogP contribution in [0.25, 0.3) is 0 Å². The third-order valence-corrected chi connectivity index (χ3v) is 18.0. The van der Waals surface area contributed by atoms with Crippen molar-refractivity contribution in [1.82, 2.24) is 5.32 Å². The number of carbonyl (C=O) groups is 2. The van der Waals surface area contributed by atoms with Gasteiger partial charge in [0.1, 0.15) is 0 Å². The van der Waals surface area contributed by atoms with Crippen molar-refractivity contribution in [2.75, 3.05) is 13.2 Å². The van der Waals surface area contributed by atoms with Crippen molar-refractivity contribution in [2.45, 2.75) is 443 Å². The van der Waals surface area contributed by atoms with E-state index >= 15 is 0 Å². The summed E-state index contributed by atoms with van der Waals surface area (Å²) >= 11 is 0. The van der Waals surface area contributed by atoms with Crippen molar-refractivity contribution >= 4 is 11.9 Å². The van der Waals surface area contributed by atoms with Crippen molar-refractivity contribution in [1.29, 1.82) is 0 Å². The molecule has 1 amide bonds. The molecule has 0 bridgehead atoms. The van der Waals surface area contributed by atoms with E-state index in [2.05, 4.69) is 43.5 Å². The summed E-state index contributed by atoms with van der Waals surface area (Å²) in [6.45, 7) is 4.97. The predicted octanol–water partition coefficient (Wildman–Crippen LogP) is 24.9. The van der Waals surface area contributed by atoms with Gasteiger partial charge >= 0.3 is 5.97 Å². The maximum atomic E-state index is 12.5. The molecular weight excluding hydrogens is 1020 g/mol. The molecule has 0 rings (SSSR count). The number of unbranched alkanes of at least 4 members (excludes halogenated alkanes) is 57. The molecule has 0 radical (unpaired) electrons. The lowest BCUT2D eigenvalue weighted by atomic mass is 10.0. The standard InChI is InChI=1S/C77H149NO5/c1-3-5-7-9-11-13-15-17-19-38-43-47-51-55-59-63-67-71-77(82)83-72-68-64-60-56-52-48-44-40-37-35-33-31-29-27-25-23-21-22-24-26-28-30-32-34-36-39-42-46-50-54-58-62-66-70-76(81)78-74(73-79)75(80)69-65-61-57-53-49-45-41-20-18-16-14-12-10-8-6-4-2/h11,13,17,19,74-75,79-80H,3-10,12,14-16,18,20-73H2,1-2H3,(H,78,81)/b13-11-,19-17-. The molecule has 0 fully saturated rings. The van der Waals surface area contributed by atoms with E-state index in [1.807, 2.05) is 0 Å². The minimum atomic E-state index is -0.661. The van der Waals surface area contributed by atoms with E-state index in [1.54, 1.807) is 0 Å². The third-order valence-electron chi connectivity index (χ3n) is 18.0. The first-order valence-corrected chi connectivity index (χ1v) is 38.1. The Morgan fingerprint density at radius 3 is 0.940 bits per heavy atom. The number of hydrogen-bond donors (Lipinski definition) is 3. The molecule has 6 heteroatoms. The number of esters is 1. The van der Waals surface area contributed by atoms with Crippen LogP contribution in [0.15, 0.2) is 24.3 Å². The monoisotopic (exact) mass is 1170 g/mol. The zero-order chi connectivity index (χ0) is 59.9. The lowest BCUT2D eigenvalue weighted by Gasteiger charge is -2.22. The van der Waals surface area contributed by atoms with Gasteiger partial charge in [-0.3, -0.25) is 9.59 Å². The van der Waals surface area contributed by atoms with E-state index in [4.69, 9.17) is 4.74 Å². The smallest absolute Gasteiger partial charge is 0.305 e. The second kappa shape index (κ2) is 72.8. The molecule has 0 aliphatic carbocycles. The molecule has 6 nitrogen and oxygen atoms in total. The van der Waals surface area contributed by atoms with Gasteiger partial charge in [-0.2, -0.15) is 0 Å². The highest BCUT2D eigenvalue weighted by Gasteiger charge is 2.20. The minimum Gasteiger partial charge on any atom is -0.466 e. The molecule has 83 heavy (non-hydrogen) atoms. The van der Waals surface area contributed by atoms with Crippen LogP contribution < -0.4 is 5.32 Å². The van der Waals surface area contributed by atoms with Gasteiger partial charge in [0.15, 0.2) is 0 Å². The Kier molecular flexibility index (Phi) is 71.4. The van der Waals surface area contributed by atoms with Crippen LogP contribution in [0.3, 0.4) is 0 Å². The molecule has 0 aliphatic rings. The SMILES string of the molecule is CCCCC/C=C\C/C=C\CCCCCCCCCC(=O)OCCCCCCCCCCCCCCCCCCCCCCCCCCCCCCCCCCCC(=O)NC(CO)C(O)CCCCCCCCCCCCCCCCCC. The van der Waals surface area contributed by atoms with Crippen LogP contribution in [0, 0.1) is 0 Å². The van der Waals surface area contributed by atoms with Gasteiger partial charge in [0.05, 0.1) is 25.4 Å². The number of aliphatic hydroxyl groups is 2. The first-order valence-electron chi connectivity index (χ1n) is 38.1. The van der Waals surface area contributed by atoms with Gasteiger partial charge in [-0.05, 0) is 57.8 Å². The van der Waals surface area contributed by atoms with Crippen LogP contribution in [0.1, 0.15) is 431 Å². The molecule has 0 aromatic carbocycles. The Balaban J connectivity index is 3.31. The topological polar surface area (TPSA) is 95.9 Å². The van der Waals surface area contributed by atoms with E-state index in [1.165, 1.54) is 347 Å². The fourth-order valence-electron chi connectivity index (χ4n) is 12.2. The Hall–Kier alpha value is -1.66. The highest BCUT2D eigenvalue weighted by atomic mass is 16.5. The Labute approximate surface area is 520 Å². The normalized spacial score (nSPS) is 12.6. The second-order valence-electron chi connectivity index (χ2n) is 26.3. The van der Waals surface area contributed by atoms with Crippen LogP contribution in [-0.2, 0) is 14.3 Å². The zero-order valence-corrected chi connectivity index (χ0v) is 56.5. The Bertz CT molecular complexity index is 1300. The summed E-state index contributed by atoms with van der Waals surface area (Å²) in [5.41, 5.74) is 0. The maximum Gasteiger partial charge on any atom is 0.305 e. The molecule has 2 unspecified atom stereocenters. The van der Waals surface area contributed by atoms with Gasteiger partial charge in [-0.1, -0.05) is 385 Å². The van der Waals surface area contributed by atoms with Gasteiger partial charge in [-0.15, -0.1) is 0 Å². The number of allylic oxidation sites excluding steroid dienone is 4. The van der Waals surface area contributed by atoms with E-state index in [0.29, 0.717) is 25.9 Å². The van der Waals surface area contributed by atoms with Crippen LogP contribution in [0.5, 0.6) is 0 Å². The second-order valence-corrected chi connectivity index (χ2v) is 26.3. The molecule has 0 spiro atoms. The van der Waals surface area contributed by atoms with Crippen molar-refractivity contribution < 1.29 is 24.5 Å². The summed E-state index contributed by atoms with van der Waals surface area (Å²) in [6.07, 6.45) is 92.6. The summed E-state index contributed by atoms with van der Waals surface area (Å²) in [6, 6.07) is -0.537. The van der Waals surface area contributed by atoms with E-state index in [-0.39, 0.29) is 18.5 Å². The molecular formula is C77H149NO5. The molecule has 0 aromatic heterocycles. The van der Waals surface area contributed by atoms with E-state index in [0.717, 1.165) is 51.4 Å². The average Bonchev–Trinajstić information content (AvgIpc) is 3.49. The third kappa shape index (κ3) is 69.3. The van der Waals surface area contributed by atoms with Crippen molar-refractivity contribution in [3.63, 3.8) is 0 Å². The first-order chi connectivity index (χ1) is 41.0. The number of hydrogen-bond acceptors (Lipinski definition) is 5. The number of rotatable bonds is 72. The minimum absolute atomic E-state index is 0.0147. The lowest BCUT2D eigenvalue weighted by Crippen LogP contribution is -2.45. The summed E-state index contributed by atoms with van der Waals surface area (Å²) in [4.78, 5) is 24.6. The fourth-order valence-corrected chi connectivity index (χ4v) is 12.2. The maximum absolute atomic E-state index is 12.5. The molecule has 0 aromatic rings.